The Morgan fingerprint density at radius 1 is 1.00 bits per heavy atom. The van der Waals surface area contributed by atoms with Crippen LogP contribution in [0.2, 0.25) is 0 Å². The Bertz CT molecular complexity index is 191. The number of aliphatic hydroxyl groups excluding tert-OH is 1. The van der Waals surface area contributed by atoms with E-state index in [1.807, 2.05) is 0 Å². The highest BCUT2D eigenvalue weighted by atomic mass is 16.3. The van der Waals surface area contributed by atoms with Gasteiger partial charge in [-0.1, -0.05) is 32.1 Å². The number of rotatable bonds is 2. The Balaban J connectivity index is 1.81. The molecule has 3 N–H and O–H groups in total. The molecule has 2 rings (SSSR count). The highest BCUT2D eigenvalue weighted by Crippen LogP contribution is 2.36. The smallest absolute Gasteiger partial charge is 0.0541 e. The van der Waals surface area contributed by atoms with Gasteiger partial charge in [-0.05, 0) is 38.0 Å². The third-order valence-corrected chi connectivity index (χ3v) is 4.37. The van der Waals surface area contributed by atoms with Crippen LogP contribution in [0.4, 0.5) is 0 Å². The summed E-state index contributed by atoms with van der Waals surface area (Å²) in [7, 11) is 0. The fourth-order valence-electron chi connectivity index (χ4n) is 3.35. The predicted molar refractivity (Wildman–Crippen MR) is 62.6 cm³/mol. The van der Waals surface area contributed by atoms with E-state index in [2.05, 4.69) is 0 Å². The van der Waals surface area contributed by atoms with Gasteiger partial charge in [0.25, 0.3) is 0 Å². The lowest BCUT2D eigenvalue weighted by Gasteiger charge is -2.39. The summed E-state index contributed by atoms with van der Waals surface area (Å²) in [4.78, 5) is 0. The van der Waals surface area contributed by atoms with Gasteiger partial charge in [-0.15, -0.1) is 0 Å². The molecule has 0 radical (unpaired) electrons. The van der Waals surface area contributed by atoms with Crippen molar-refractivity contribution in [2.24, 2.45) is 11.7 Å². The first-order chi connectivity index (χ1) is 7.18. The van der Waals surface area contributed by atoms with Gasteiger partial charge < -0.3 is 10.8 Å². The van der Waals surface area contributed by atoms with E-state index in [1.165, 1.54) is 38.5 Å². The minimum absolute atomic E-state index is 0.0568. The van der Waals surface area contributed by atoms with E-state index in [-0.39, 0.29) is 11.6 Å². The van der Waals surface area contributed by atoms with Gasteiger partial charge in [0.05, 0.1) is 6.10 Å². The molecule has 0 aliphatic heterocycles. The van der Waals surface area contributed by atoms with Crippen LogP contribution in [0.1, 0.15) is 64.2 Å². The lowest BCUT2D eigenvalue weighted by atomic mass is 9.72. The molecule has 0 saturated heterocycles. The topological polar surface area (TPSA) is 46.2 Å². The Morgan fingerprint density at radius 3 is 2.20 bits per heavy atom. The van der Waals surface area contributed by atoms with E-state index in [1.54, 1.807) is 0 Å². The predicted octanol–water partition coefficient (Wildman–Crippen LogP) is 2.59. The van der Waals surface area contributed by atoms with Gasteiger partial charge in [-0.2, -0.15) is 0 Å². The van der Waals surface area contributed by atoms with Crippen molar-refractivity contribution in [2.75, 3.05) is 0 Å². The molecule has 0 aromatic rings. The summed E-state index contributed by atoms with van der Waals surface area (Å²) >= 11 is 0. The standard InChI is InChI=1S/C13H25NO/c14-13(8-6-12(15)7-9-13)10-11-4-2-1-3-5-11/h11-12,15H,1-10,14H2. The van der Waals surface area contributed by atoms with Crippen LogP contribution in [0.25, 0.3) is 0 Å². The molecule has 2 aliphatic carbocycles. The molecule has 15 heavy (non-hydrogen) atoms. The summed E-state index contributed by atoms with van der Waals surface area (Å²) in [5.74, 6) is 0.874. The van der Waals surface area contributed by atoms with Gasteiger partial charge in [-0.25, -0.2) is 0 Å². The SMILES string of the molecule is NC1(CC2CCCCC2)CCC(O)CC1. The van der Waals surface area contributed by atoms with Crippen molar-refractivity contribution >= 4 is 0 Å². The van der Waals surface area contributed by atoms with Crippen molar-refractivity contribution in [2.45, 2.75) is 75.9 Å². The van der Waals surface area contributed by atoms with Crippen LogP contribution in [0.15, 0.2) is 0 Å². The van der Waals surface area contributed by atoms with Crippen LogP contribution in [-0.4, -0.2) is 16.7 Å². The quantitative estimate of drug-likeness (QED) is 0.737. The molecule has 2 nitrogen and oxygen atoms in total. The number of hydrogen-bond acceptors (Lipinski definition) is 2. The molecule has 0 aromatic carbocycles. The third-order valence-electron chi connectivity index (χ3n) is 4.37. The molecule has 2 saturated carbocycles. The van der Waals surface area contributed by atoms with E-state index in [0.717, 1.165) is 31.6 Å². The van der Waals surface area contributed by atoms with Gasteiger partial charge in [0, 0.05) is 5.54 Å². The average Bonchev–Trinajstić information content (AvgIpc) is 2.24. The second kappa shape index (κ2) is 4.84. The monoisotopic (exact) mass is 211 g/mol. The van der Waals surface area contributed by atoms with Crippen molar-refractivity contribution in [3.05, 3.63) is 0 Å². The highest BCUT2D eigenvalue weighted by molar-refractivity contribution is 4.92. The molecule has 0 spiro atoms. The Hall–Kier alpha value is -0.0800. The number of nitrogens with two attached hydrogens (primary N) is 1. The summed E-state index contributed by atoms with van der Waals surface area (Å²) in [5, 5.41) is 9.49. The number of hydrogen-bond donors (Lipinski definition) is 2. The molecule has 0 unspecified atom stereocenters. The van der Waals surface area contributed by atoms with Crippen LogP contribution >= 0.6 is 0 Å². The fourth-order valence-corrected chi connectivity index (χ4v) is 3.35. The van der Waals surface area contributed by atoms with E-state index < -0.39 is 0 Å². The zero-order valence-electron chi connectivity index (χ0n) is 9.75. The first-order valence-electron chi connectivity index (χ1n) is 6.65. The minimum Gasteiger partial charge on any atom is -0.393 e. The summed E-state index contributed by atoms with van der Waals surface area (Å²) in [5.41, 5.74) is 6.50. The maximum Gasteiger partial charge on any atom is 0.0541 e. The van der Waals surface area contributed by atoms with Gasteiger partial charge in [-0.3, -0.25) is 0 Å². The largest absolute Gasteiger partial charge is 0.393 e. The first kappa shape index (κ1) is 11.4. The fraction of sp³-hybridized carbons (Fsp3) is 1.00. The van der Waals surface area contributed by atoms with Gasteiger partial charge >= 0.3 is 0 Å². The van der Waals surface area contributed by atoms with Crippen molar-refractivity contribution in [3.63, 3.8) is 0 Å². The molecular weight excluding hydrogens is 186 g/mol. The van der Waals surface area contributed by atoms with Crippen LogP contribution in [0.5, 0.6) is 0 Å². The summed E-state index contributed by atoms with van der Waals surface area (Å²) in [6.07, 6.45) is 12.1. The second-order valence-corrected chi connectivity index (χ2v) is 5.80. The van der Waals surface area contributed by atoms with Crippen LogP contribution in [0.3, 0.4) is 0 Å². The average molecular weight is 211 g/mol. The molecule has 0 bridgehead atoms. The van der Waals surface area contributed by atoms with E-state index in [9.17, 15) is 5.11 Å². The maximum atomic E-state index is 9.49. The van der Waals surface area contributed by atoms with Gasteiger partial charge in [0.15, 0.2) is 0 Å². The summed E-state index contributed by atoms with van der Waals surface area (Å²) in [6.45, 7) is 0. The molecular formula is C13H25NO. The molecule has 0 amide bonds. The van der Waals surface area contributed by atoms with Crippen molar-refractivity contribution < 1.29 is 5.11 Å². The van der Waals surface area contributed by atoms with Crippen LogP contribution in [0, 0.1) is 5.92 Å². The van der Waals surface area contributed by atoms with Gasteiger partial charge in [0.2, 0.25) is 0 Å². The maximum absolute atomic E-state index is 9.49. The first-order valence-corrected chi connectivity index (χ1v) is 6.65. The zero-order chi connectivity index (χ0) is 10.7. The van der Waals surface area contributed by atoms with E-state index in [4.69, 9.17) is 5.73 Å². The van der Waals surface area contributed by atoms with Crippen molar-refractivity contribution in [1.29, 1.82) is 0 Å². The lowest BCUT2D eigenvalue weighted by Crippen LogP contribution is -2.46. The Labute approximate surface area is 93.2 Å². The molecule has 0 atom stereocenters. The highest BCUT2D eigenvalue weighted by Gasteiger charge is 2.33. The Kier molecular flexibility index (Phi) is 3.68. The third kappa shape index (κ3) is 3.18. The molecule has 0 heterocycles. The van der Waals surface area contributed by atoms with E-state index in [0.29, 0.717) is 0 Å². The lowest BCUT2D eigenvalue weighted by molar-refractivity contribution is 0.0848. The molecule has 2 fully saturated rings. The normalized spacial score (nSPS) is 39.2. The molecule has 2 heteroatoms. The second-order valence-electron chi connectivity index (χ2n) is 5.80. The van der Waals surface area contributed by atoms with Crippen LogP contribution in [-0.2, 0) is 0 Å². The summed E-state index contributed by atoms with van der Waals surface area (Å²) in [6, 6.07) is 0. The minimum atomic E-state index is -0.0759. The van der Waals surface area contributed by atoms with Crippen LogP contribution < -0.4 is 5.73 Å². The van der Waals surface area contributed by atoms with E-state index >= 15 is 0 Å². The summed E-state index contributed by atoms with van der Waals surface area (Å²) < 4.78 is 0. The number of aliphatic hydroxyl groups is 1. The molecule has 0 aromatic heterocycles. The Morgan fingerprint density at radius 2 is 1.60 bits per heavy atom. The molecule has 88 valence electrons. The molecule has 2 aliphatic rings. The van der Waals surface area contributed by atoms with Crippen molar-refractivity contribution in [1.82, 2.24) is 0 Å². The van der Waals surface area contributed by atoms with Crippen molar-refractivity contribution in [3.8, 4) is 0 Å². The zero-order valence-corrected chi connectivity index (χ0v) is 9.75. The van der Waals surface area contributed by atoms with Gasteiger partial charge in [0.1, 0.15) is 0 Å².